The Balaban J connectivity index is 2.61. The Labute approximate surface area is 114 Å². The lowest BCUT2D eigenvalue weighted by Crippen LogP contribution is -2.33. The maximum atomic E-state index is 11.8. The molecule has 98 valence electrons. The van der Waals surface area contributed by atoms with Gasteiger partial charge in [0.2, 0.25) is 0 Å². The van der Waals surface area contributed by atoms with Crippen LogP contribution in [-0.2, 0) is 4.79 Å². The molecule has 0 heterocycles. The van der Waals surface area contributed by atoms with E-state index in [0.717, 1.165) is 10.0 Å². The van der Waals surface area contributed by atoms with Crippen LogP contribution in [0.5, 0.6) is 0 Å². The van der Waals surface area contributed by atoms with Crippen LogP contribution in [0.15, 0.2) is 22.7 Å². The van der Waals surface area contributed by atoms with E-state index in [1.807, 2.05) is 19.1 Å². The number of halogens is 1. The molecule has 0 fully saturated rings. The summed E-state index contributed by atoms with van der Waals surface area (Å²) in [4.78, 5) is 23.5. The second kappa shape index (κ2) is 6.39. The van der Waals surface area contributed by atoms with Crippen molar-refractivity contribution in [3.8, 4) is 0 Å². The van der Waals surface area contributed by atoms with Gasteiger partial charge in [0.25, 0.3) is 0 Å². The minimum atomic E-state index is -0.925. The summed E-state index contributed by atoms with van der Waals surface area (Å²) in [6, 6.07) is 5.24. The standard InChI is InChI=1S/C12H15BrN2O3/c1-8-3-4-10(9(13)7-8)14-12(18)15(2)6-5-11(16)17/h3-4,7H,5-6H2,1-2H3,(H,14,18)(H,16,17). The third-order valence-electron chi connectivity index (χ3n) is 2.37. The van der Waals surface area contributed by atoms with Crippen molar-refractivity contribution < 1.29 is 14.7 Å². The highest BCUT2D eigenvalue weighted by molar-refractivity contribution is 9.10. The summed E-state index contributed by atoms with van der Waals surface area (Å²) in [5.41, 5.74) is 1.74. The minimum Gasteiger partial charge on any atom is -0.481 e. The Hall–Kier alpha value is -1.56. The first-order valence-corrected chi connectivity index (χ1v) is 6.19. The van der Waals surface area contributed by atoms with Crippen molar-refractivity contribution in [3.05, 3.63) is 28.2 Å². The van der Waals surface area contributed by atoms with Crippen LogP contribution in [0, 0.1) is 6.92 Å². The topological polar surface area (TPSA) is 69.6 Å². The highest BCUT2D eigenvalue weighted by Gasteiger charge is 2.11. The van der Waals surface area contributed by atoms with E-state index >= 15 is 0 Å². The lowest BCUT2D eigenvalue weighted by atomic mass is 10.2. The Kier molecular flexibility index (Phi) is 5.15. The highest BCUT2D eigenvalue weighted by Crippen LogP contribution is 2.23. The number of aryl methyl sites for hydroxylation is 1. The van der Waals surface area contributed by atoms with Gasteiger partial charge in [-0.3, -0.25) is 4.79 Å². The number of carboxylic acids is 1. The molecule has 5 nitrogen and oxygen atoms in total. The van der Waals surface area contributed by atoms with Gasteiger partial charge in [-0.15, -0.1) is 0 Å². The molecule has 1 rings (SSSR count). The molecule has 0 aliphatic rings. The van der Waals surface area contributed by atoms with Gasteiger partial charge in [0.1, 0.15) is 0 Å². The number of hydrogen-bond acceptors (Lipinski definition) is 2. The summed E-state index contributed by atoms with van der Waals surface area (Å²) >= 11 is 3.36. The molecule has 6 heteroatoms. The van der Waals surface area contributed by atoms with Crippen LogP contribution in [0.1, 0.15) is 12.0 Å². The Bertz CT molecular complexity index is 463. The molecular formula is C12H15BrN2O3. The maximum absolute atomic E-state index is 11.8. The van der Waals surface area contributed by atoms with Gasteiger partial charge in [0.05, 0.1) is 12.1 Å². The van der Waals surface area contributed by atoms with Gasteiger partial charge in [-0.1, -0.05) is 6.07 Å². The van der Waals surface area contributed by atoms with Crippen molar-refractivity contribution in [1.82, 2.24) is 4.90 Å². The van der Waals surface area contributed by atoms with E-state index in [4.69, 9.17) is 5.11 Å². The van der Waals surface area contributed by atoms with E-state index in [1.165, 1.54) is 4.90 Å². The van der Waals surface area contributed by atoms with E-state index in [0.29, 0.717) is 5.69 Å². The summed E-state index contributed by atoms with van der Waals surface area (Å²) in [5.74, 6) is -0.925. The molecule has 0 spiro atoms. The first-order chi connectivity index (χ1) is 8.40. The summed E-state index contributed by atoms with van der Waals surface area (Å²) in [5, 5.41) is 11.3. The molecule has 0 saturated heterocycles. The largest absolute Gasteiger partial charge is 0.481 e. The van der Waals surface area contributed by atoms with Crippen LogP contribution < -0.4 is 5.32 Å². The third-order valence-corrected chi connectivity index (χ3v) is 3.03. The van der Waals surface area contributed by atoms with E-state index < -0.39 is 5.97 Å². The lowest BCUT2D eigenvalue weighted by Gasteiger charge is -2.17. The number of carboxylic acid groups (broad SMARTS) is 1. The maximum Gasteiger partial charge on any atom is 0.321 e. The average Bonchev–Trinajstić information content (AvgIpc) is 2.29. The van der Waals surface area contributed by atoms with E-state index in [9.17, 15) is 9.59 Å². The Morgan fingerprint density at radius 1 is 1.44 bits per heavy atom. The number of anilines is 1. The fourth-order valence-corrected chi connectivity index (χ4v) is 1.89. The number of carbonyl (C=O) groups is 2. The molecule has 0 aliphatic heterocycles. The van der Waals surface area contributed by atoms with Crippen molar-refractivity contribution >= 4 is 33.6 Å². The highest BCUT2D eigenvalue weighted by atomic mass is 79.9. The number of nitrogens with zero attached hydrogens (tertiary/aromatic N) is 1. The molecule has 18 heavy (non-hydrogen) atoms. The molecule has 0 saturated carbocycles. The summed E-state index contributed by atoms with van der Waals surface area (Å²) in [6.07, 6.45) is -0.0704. The number of hydrogen-bond donors (Lipinski definition) is 2. The van der Waals surface area contributed by atoms with Crippen molar-refractivity contribution in [1.29, 1.82) is 0 Å². The lowest BCUT2D eigenvalue weighted by molar-refractivity contribution is -0.137. The van der Waals surface area contributed by atoms with Crippen LogP contribution in [-0.4, -0.2) is 35.6 Å². The van der Waals surface area contributed by atoms with Gasteiger partial charge in [-0.25, -0.2) is 4.79 Å². The van der Waals surface area contributed by atoms with Crippen molar-refractivity contribution in [3.63, 3.8) is 0 Å². The van der Waals surface area contributed by atoms with E-state index in [2.05, 4.69) is 21.2 Å². The zero-order chi connectivity index (χ0) is 13.7. The van der Waals surface area contributed by atoms with Crippen molar-refractivity contribution in [2.24, 2.45) is 0 Å². The van der Waals surface area contributed by atoms with Crippen LogP contribution in [0.3, 0.4) is 0 Å². The number of nitrogens with one attached hydrogen (secondary N) is 1. The number of amides is 2. The molecule has 0 aliphatic carbocycles. The summed E-state index contributed by atoms with van der Waals surface area (Å²) < 4.78 is 0.794. The molecule has 0 atom stereocenters. The van der Waals surface area contributed by atoms with Crippen LogP contribution in [0.25, 0.3) is 0 Å². The zero-order valence-electron chi connectivity index (χ0n) is 10.2. The van der Waals surface area contributed by atoms with Gasteiger partial charge < -0.3 is 15.3 Å². The van der Waals surface area contributed by atoms with Gasteiger partial charge in [0.15, 0.2) is 0 Å². The molecule has 2 N–H and O–H groups in total. The van der Waals surface area contributed by atoms with Gasteiger partial charge in [-0.2, -0.15) is 0 Å². The van der Waals surface area contributed by atoms with E-state index in [1.54, 1.807) is 13.1 Å². The number of benzene rings is 1. The zero-order valence-corrected chi connectivity index (χ0v) is 11.8. The Morgan fingerprint density at radius 3 is 2.67 bits per heavy atom. The third kappa shape index (κ3) is 4.37. The van der Waals surface area contributed by atoms with Crippen molar-refractivity contribution in [2.75, 3.05) is 18.9 Å². The normalized spacial score (nSPS) is 9.94. The second-order valence-electron chi connectivity index (χ2n) is 3.98. The van der Waals surface area contributed by atoms with Crippen LogP contribution in [0.4, 0.5) is 10.5 Å². The average molecular weight is 315 g/mol. The fraction of sp³-hybridized carbons (Fsp3) is 0.333. The van der Waals surface area contributed by atoms with Crippen LogP contribution in [0.2, 0.25) is 0 Å². The van der Waals surface area contributed by atoms with Crippen molar-refractivity contribution in [2.45, 2.75) is 13.3 Å². The Morgan fingerprint density at radius 2 is 2.11 bits per heavy atom. The first kappa shape index (κ1) is 14.5. The monoisotopic (exact) mass is 314 g/mol. The molecular weight excluding hydrogens is 300 g/mol. The van der Waals surface area contributed by atoms with Crippen LogP contribution >= 0.6 is 15.9 Å². The molecule has 1 aromatic rings. The van der Waals surface area contributed by atoms with E-state index in [-0.39, 0.29) is 19.0 Å². The SMILES string of the molecule is Cc1ccc(NC(=O)N(C)CCC(=O)O)c(Br)c1. The fourth-order valence-electron chi connectivity index (χ4n) is 1.30. The van der Waals surface area contributed by atoms with Gasteiger partial charge in [0, 0.05) is 18.1 Å². The number of rotatable bonds is 4. The predicted octanol–water partition coefficient (Wildman–Crippen LogP) is 2.70. The number of urea groups is 1. The first-order valence-electron chi connectivity index (χ1n) is 5.40. The molecule has 0 aromatic heterocycles. The smallest absolute Gasteiger partial charge is 0.321 e. The quantitative estimate of drug-likeness (QED) is 0.897. The molecule has 1 aromatic carbocycles. The number of carbonyl (C=O) groups excluding carboxylic acids is 1. The number of aliphatic carboxylic acids is 1. The molecule has 0 unspecified atom stereocenters. The van der Waals surface area contributed by atoms with Gasteiger partial charge >= 0.3 is 12.0 Å². The molecule has 0 radical (unpaired) electrons. The second-order valence-corrected chi connectivity index (χ2v) is 4.83. The summed E-state index contributed by atoms with van der Waals surface area (Å²) in [7, 11) is 1.56. The molecule has 0 bridgehead atoms. The minimum absolute atomic E-state index is 0.0704. The predicted molar refractivity (Wildman–Crippen MR) is 72.8 cm³/mol. The van der Waals surface area contributed by atoms with Gasteiger partial charge in [-0.05, 0) is 40.5 Å². The molecule has 2 amide bonds. The summed E-state index contributed by atoms with van der Waals surface area (Å²) in [6.45, 7) is 2.12.